The van der Waals surface area contributed by atoms with Gasteiger partial charge in [0.25, 0.3) is 0 Å². The molecular formula is C16H19ClN2O3S2. The van der Waals surface area contributed by atoms with E-state index in [9.17, 15) is 8.42 Å². The molecule has 1 N–H and O–H groups in total. The first-order valence-electron chi connectivity index (χ1n) is 7.71. The molecule has 1 aliphatic rings. The summed E-state index contributed by atoms with van der Waals surface area (Å²) >= 11 is 6.89. The van der Waals surface area contributed by atoms with Crippen molar-refractivity contribution in [2.75, 3.05) is 26.2 Å². The average Bonchev–Trinajstić information content (AvgIpc) is 3.18. The molecule has 3 rings (SSSR count). The second-order valence-corrected chi connectivity index (χ2v) is 9.28. The fourth-order valence-electron chi connectivity index (χ4n) is 2.66. The van der Waals surface area contributed by atoms with Crippen LogP contribution >= 0.6 is 22.9 Å². The molecular weight excluding hydrogens is 368 g/mol. The summed E-state index contributed by atoms with van der Waals surface area (Å²) < 4.78 is 33.8. The first-order valence-corrected chi connectivity index (χ1v) is 10.4. The second kappa shape index (κ2) is 7.84. The fourth-order valence-corrected chi connectivity index (χ4v) is 5.42. The number of benzene rings is 1. The molecule has 0 saturated carbocycles. The van der Waals surface area contributed by atoms with Crippen LogP contribution in [0.15, 0.2) is 46.7 Å². The molecule has 0 radical (unpaired) electrons. The highest BCUT2D eigenvalue weighted by Gasteiger charge is 2.27. The molecule has 0 bridgehead atoms. The molecule has 1 aliphatic heterocycles. The summed E-state index contributed by atoms with van der Waals surface area (Å²) in [5.41, 5.74) is 0. The number of para-hydroxylation sites is 1. The summed E-state index contributed by atoms with van der Waals surface area (Å²) in [5.74, 6) is 0.850. The number of nitrogens with one attached hydrogen (secondary N) is 1. The van der Waals surface area contributed by atoms with E-state index in [2.05, 4.69) is 9.62 Å². The Labute approximate surface area is 151 Å². The SMILES string of the molecule is O=S(=O)(NC1CCN(CCOc2ccccc2)C1)c1ccc(Cl)s1. The van der Waals surface area contributed by atoms with Gasteiger partial charge in [-0.1, -0.05) is 29.8 Å². The van der Waals surface area contributed by atoms with Crippen LogP contribution in [0.1, 0.15) is 6.42 Å². The van der Waals surface area contributed by atoms with Crippen LogP contribution in [0.5, 0.6) is 5.75 Å². The Kier molecular flexibility index (Phi) is 5.78. The van der Waals surface area contributed by atoms with Crippen LogP contribution in [0.25, 0.3) is 0 Å². The van der Waals surface area contributed by atoms with Gasteiger partial charge in [-0.3, -0.25) is 4.90 Å². The van der Waals surface area contributed by atoms with E-state index >= 15 is 0 Å². The van der Waals surface area contributed by atoms with Gasteiger partial charge in [-0.25, -0.2) is 13.1 Å². The van der Waals surface area contributed by atoms with Crippen LogP contribution in [0, 0.1) is 0 Å². The standard InChI is InChI=1S/C16H19ClN2O3S2/c17-15-6-7-16(23-15)24(20,21)18-13-8-9-19(12-13)10-11-22-14-4-2-1-3-5-14/h1-7,13,18H,8-12H2. The number of hydrogen-bond donors (Lipinski definition) is 1. The Morgan fingerprint density at radius 3 is 2.75 bits per heavy atom. The monoisotopic (exact) mass is 386 g/mol. The maximum Gasteiger partial charge on any atom is 0.250 e. The molecule has 1 aromatic heterocycles. The van der Waals surface area contributed by atoms with Gasteiger partial charge in [-0.15, -0.1) is 11.3 Å². The zero-order valence-electron chi connectivity index (χ0n) is 13.0. The maximum atomic E-state index is 12.3. The van der Waals surface area contributed by atoms with E-state index < -0.39 is 10.0 Å². The summed E-state index contributed by atoms with van der Waals surface area (Å²) in [6.07, 6.45) is 0.795. The zero-order chi connectivity index (χ0) is 17.0. The van der Waals surface area contributed by atoms with Crippen LogP contribution in [0.2, 0.25) is 4.34 Å². The summed E-state index contributed by atoms with van der Waals surface area (Å²) in [4.78, 5) is 2.21. The molecule has 1 aromatic carbocycles. The van der Waals surface area contributed by atoms with Gasteiger partial charge in [-0.2, -0.15) is 0 Å². The molecule has 2 heterocycles. The van der Waals surface area contributed by atoms with Crippen molar-refractivity contribution >= 4 is 33.0 Å². The Balaban J connectivity index is 1.45. The molecule has 1 atom stereocenters. The first kappa shape index (κ1) is 17.7. The van der Waals surface area contributed by atoms with Gasteiger partial charge in [0.1, 0.15) is 16.6 Å². The van der Waals surface area contributed by atoms with Crippen molar-refractivity contribution < 1.29 is 13.2 Å². The highest BCUT2D eigenvalue weighted by molar-refractivity contribution is 7.91. The summed E-state index contributed by atoms with van der Waals surface area (Å²) in [5, 5.41) is 0. The number of ether oxygens (including phenoxy) is 1. The van der Waals surface area contributed by atoms with E-state index in [1.165, 1.54) is 6.07 Å². The highest BCUT2D eigenvalue weighted by Crippen LogP contribution is 2.26. The Morgan fingerprint density at radius 2 is 2.04 bits per heavy atom. The smallest absolute Gasteiger partial charge is 0.250 e. The molecule has 0 amide bonds. The summed E-state index contributed by atoms with van der Waals surface area (Å²) in [7, 11) is -3.48. The minimum atomic E-state index is -3.48. The lowest BCUT2D eigenvalue weighted by Crippen LogP contribution is -2.37. The Morgan fingerprint density at radius 1 is 1.25 bits per heavy atom. The predicted octanol–water partition coefficient (Wildman–Crippen LogP) is 2.83. The quantitative estimate of drug-likeness (QED) is 0.794. The number of hydrogen-bond acceptors (Lipinski definition) is 5. The van der Waals surface area contributed by atoms with Crippen molar-refractivity contribution in [3.63, 3.8) is 0 Å². The van der Waals surface area contributed by atoms with E-state index in [0.717, 1.165) is 36.6 Å². The van der Waals surface area contributed by atoms with E-state index in [4.69, 9.17) is 16.3 Å². The van der Waals surface area contributed by atoms with E-state index in [1.54, 1.807) is 6.07 Å². The van der Waals surface area contributed by atoms with Crippen LogP contribution in [0.3, 0.4) is 0 Å². The highest BCUT2D eigenvalue weighted by atomic mass is 35.5. The van der Waals surface area contributed by atoms with E-state index in [0.29, 0.717) is 17.5 Å². The van der Waals surface area contributed by atoms with Crippen LogP contribution < -0.4 is 9.46 Å². The molecule has 0 spiro atoms. The first-order chi connectivity index (χ1) is 11.5. The van der Waals surface area contributed by atoms with Gasteiger partial charge < -0.3 is 4.74 Å². The van der Waals surface area contributed by atoms with Crippen molar-refractivity contribution in [1.82, 2.24) is 9.62 Å². The topological polar surface area (TPSA) is 58.6 Å². The van der Waals surface area contributed by atoms with Crippen molar-refractivity contribution in [3.05, 3.63) is 46.8 Å². The van der Waals surface area contributed by atoms with Crippen molar-refractivity contribution in [3.8, 4) is 5.75 Å². The van der Waals surface area contributed by atoms with E-state index in [-0.39, 0.29) is 10.3 Å². The minimum Gasteiger partial charge on any atom is -0.492 e. The third kappa shape index (κ3) is 4.70. The fraction of sp³-hybridized carbons (Fsp3) is 0.375. The maximum absolute atomic E-state index is 12.3. The van der Waals surface area contributed by atoms with Crippen LogP contribution in [-0.2, 0) is 10.0 Å². The van der Waals surface area contributed by atoms with Crippen LogP contribution in [-0.4, -0.2) is 45.6 Å². The molecule has 130 valence electrons. The van der Waals surface area contributed by atoms with Gasteiger partial charge in [0, 0.05) is 19.1 Å². The van der Waals surface area contributed by atoms with Gasteiger partial charge in [0.2, 0.25) is 10.0 Å². The lowest BCUT2D eigenvalue weighted by molar-refractivity contribution is 0.235. The second-order valence-electron chi connectivity index (χ2n) is 5.63. The van der Waals surface area contributed by atoms with Crippen molar-refractivity contribution in [2.24, 2.45) is 0 Å². The third-order valence-electron chi connectivity index (χ3n) is 3.83. The molecule has 2 aromatic rings. The number of rotatable bonds is 7. The zero-order valence-corrected chi connectivity index (χ0v) is 15.4. The molecule has 8 heteroatoms. The van der Waals surface area contributed by atoms with Crippen molar-refractivity contribution in [2.45, 2.75) is 16.7 Å². The average molecular weight is 387 g/mol. The normalized spacial score (nSPS) is 18.8. The third-order valence-corrected chi connectivity index (χ3v) is 7.07. The minimum absolute atomic E-state index is 0.0763. The molecule has 0 aliphatic carbocycles. The number of halogens is 1. The molecule has 5 nitrogen and oxygen atoms in total. The molecule has 24 heavy (non-hydrogen) atoms. The summed E-state index contributed by atoms with van der Waals surface area (Å²) in [6, 6.07) is 12.7. The van der Waals surface area contributed by atoms with Gasteiger partial charge >= 0.3 is 0 Å². The number of thiophene rings is 1. The molecule has 1 fully saturated rings. The molecule has 1 saturated heterocycles. The Hall–Kier alpha value is -1.12. The predicted molar refractivity (Wildman–Crippen MR) is 96.4 cm³/mol. The summed E-state index contributed by atoms with van der Waals surface area (Å²) in [6.45, 7) is 2.91. The largest absolute Gasteiger partial charge is 0.492 e. The van der Waals surface area contributed by atoms with Gasteiger partial charge in [0.15, 0.2) is 0 Å². The molecule has 1 unspecified atom stereocenters. The number of nitrogens with zero attached hydrogens (tertiary/aromatic N) is 1. The number of sulfonamides is 1. The lowest BCUT2D eigenvalue weighted by atomic mass is 10.3. The number of likely N-dealkylation sites (tertiary alicyclic amines) is 1. The van der Waals surface area contributed by atoms with Gasteiger partial charge in [0.05, 0.1) is 4.34 Å². The van der Waals surface area contributed by atoms with E-state index in [1.807, 2.05) is 30.3 Å². The Bertz CT molecular complexity index is 765. The van der Waals surface area contributed by atoms with Crippen molar-refractivity contribution in [1.29, 1.82) is 0 Å². The lowest BCUT2D eigenvalue weighted by Gasteiger charge is -2.16. The van der Waals surface area contributed by atoms with Crippen LogP contribution in [0.4, 0.5) is 0 Å². The van der Waals surface area contributed by atoms with Gasteiger partial charge in [-0.05, 0) is 37.2 Å².